The highest BCUT2D eigenvalue weighted by Crippen LogP contribution is 2.12. The number of ether oxygens (including phenoxy) is 1. The van der Waals surface area contributed by atoms with Crippen LogP contribution in [0.1, 0.15) is 0 Å². The number of methoxy groups -OCH3 is 1. The van der Waals surface area contributed by atoms with Gasteiger partial charge in [0.05, 0.1) is 25.2 Å². The van der Waals surface area contributed by atoms with Crippen LogP contribution in [0.15, 0.2) is 0 Å². The summed E-state index contributed by atoms with van der Waals surface area (Å²) in [5.41, 5.74) is 0. The second-order valence-corrected chi connectivity index (χ2v) is 2.85. The number of β-amino-alcohol motifs (C(OH)–C–C–N with tert-alkyl or cyclic N) is 1. The molecular weight excluding hydrogens is 162 g/mol. The van der Waals surface area contributed by atoms with Crippen molar-refractivity contribution in [2.24, 2.45) is 5.92 Å². The maximum absolute atomic E-state index is 11.0. The highest BCUT2D eigenvalue weighted by atomic mass is 16.5. The molecule has 1 heterocycles. The Morgan fingerprint density at radius 3 is 2.75 bits per heavy atom. The molecular formula is C7H13NO4. The molecule has 3 unspecified atom stereocenters. The van der Waals surface area contributed by atoms with E-state index in [2.05, 4.69) is 10.1 Å². The van der Waals surface area contributed by atoms with Gasteiger partial charge in [-0.15, -0.1) is 0 Å². The molecule has 5 nitrogen and oxygen atoms in total. The van der Waals surface area contributed by atoms with Gasteiger partial charge in [0.1, 0.15) is 0 Å². The molecule has 0 aromatic rings. The van der Waals surface area contributed by atoms with Crippen LogP contribution >= 0.6 is 0 Å². The molecule has 0 aliphatic carbocycles. The Morgan fingerprint density at radius 2 is 2.17 bits per heavy atom. The van der Waals surface area contributed by atoms with Gasteiger partial charge in [-0.3, -0.25) is 4.79 Å². The number of nitrogens with one attached hydrogen (secondary N) is 1. The van der Waals surface area contributed by atoms with Gasteiger partial charge in [0.2, 0.25) is 0 Å². The lowest BCUT2D eigenvalue weighted by Gasteiger charge is -2.30. The van der Waals surface area contributed by atoms with E-state index in [1.54, 1.807) is 0 Å². The van der Waals surface area contributed by atoms with E-state index in [0.29, 0.717) is 13.1 Å². The van der Waals surface area contributed by atoms with Crippen LogP contribution in [0.3, 0.4) is 0 Å². The molecule has 0 bridgehead atoms. The molecule has 1 saturated heterocycles. The third-order valence-corrected chi connectivity index (χ3v) is 2.03. The first-order valence-corrected chi connectivity index (χ1v) is 3.81. The summed E-state index contributed by atoms with van der Waals surface area (Å²) in [6.45, 7) is 0.666. The molecule has 0 amide bonds. The zero-order valence-electron chi connectivity index (χ0n) is 6.86. The predicted molar refractivity (Wildman–Crippen MR) is 40.4 cm³/mol. The fraction of sp³-hybridized carbons (Fsp3) is 0.857. The van der Waals surface area contributed by atoms with E-state index >= 15 is 0 Å². The average molecular weight is 175 g/mol. The van der Waals surface area contributed by atoms with Crippen molar-refractivity contribution in [3.63, 3.8) is 0 Å². The van der Waals surface area contributed by atoms with Gasteiger partial charge in [-0.2, -0.15) is 0 Å². The third kappa shape index (κ3) is 1.74. The van der Waals surface area contributed by atoms with Crippen LogP contribution in [-0.4, -0.2) is 48.6 Å². The first-order chi connectivity index (χ1) is 5.66. The Morgan fingerprint density at radius 1 is 1.50 bits per heavy atom. The zero-order valence-corrected chi connectivity index (χ0v) is 6.86. The van der Waals surface area contributed by atoms with Crippen molar-refractivity contribution >= 4 is 5.97 Å². The fourth-order valence-electron chi connectivity index (χ4n) is 1.27. The monoisotopic (exact) mass is 175 g/mol. The number of carbonyl (C=O) groups is 1. The minimum Gasteiger partial charge on any atom is -0.469 e. The van der Waals surface area contributed by atoms with Crippen LogP contribution in [0.4, 0.5) is 0 Å². The average Bonchev–Trinajstić information content (AvgIpc) is 2.08. The highest BCUT2D eigenvalue weighted by molar-refractivity contribution is 5.73. The summed E-state index contributed by atoms with van der Waals surface area (Å²) >= 11 is 0. The van der Waals surface area contributed by atoms with Crippen LogP contribution in [0, 0.1) is 5.92 Å². The SMILES string of the molecule is COC(=O)C1CNCC(O)C1O. The molecule has 0 radical (unpaired) electrons. The van der Waals surface area contributed by atoms with E-state index in [0.717, 1.165) is 0 Å². The van der Waals surface area contributed by atoms with Crippen molar-refractivity contribution in [1.82, 2.24) is 5.32 Å². The third-order valence-electron chi connectivity index (χ3n) is 2.03. The molecule has 0 spiro atoms. The summed E-state index contributed by atoms with van der Waals surface area (Å²) in [7, 11) is 1.26. The highest BCUT2D eigenvalue weighted by Gasteiger charge is 2.35. The molecule has 1 rings (SSSR count). The minimum atomic E-state index is -1.02. The quantitative estimate of drug-likeness (QED) is 0.406. The lowest BCUT2D eigenvalue weighted by Crippen LogP contribution is -2.53. The largest absolute Gasteiger partial charge is 0.469 e. The number of aliphatic hydroxyl groups is 2. The Labute approximate surface area is 70.3 Å². The van der Waals surface area contributed by atoms with Crippen LogP contribution in [0.2, 0.25) is 0 Å². The summed E-state index contributed by atoms with van der Waals surface area (Å²) in [6.07, 6.45) is -1.90. The molecule has 0 aromatic heterocycles. The Hall–Kier alpha value is -0.650. The van der Waals surface area contributed by atoms with Crippen molar-refractivity contribution in [3.8, 4) is 0 Å². The topological polar surface area (TPSA) is 78.8 Å². The molecule has 1 aliphatic heterocycles. The molecule has 0 aromatic carbocycles. The Bertz CT molecular complexity index is 173. The van der Waals surface area contributed by atoms with E-state index in [4.69, 9.17) is 0 Å². The second kappa shape index (κ2) is 3.84. The van der Waals surface area contributed by atoms with E-state index in [1.165, 1.54) is 7.11 Å². The lowest BCUT2D eigenvalue weighted by molar-refractivity contribution is -0.154. The molecule has 3 atom stereocenters. The summed E-state index contributed by atoms with van der Waals surface area (Å²) in [4.78, 5) is 11.0. The number of rotatable bonds is 1. The number of aliphatic hydroxyl groups excluding tert-OH is 2. The molecule has 1 fully saturated rings. The number of hydrogen-bond donors (Lipinski definition) is 3. The van der Waals surface area contributed by atoms with E-state index in [1.807, 2.05) is 0 Å². The number of carbonyl (C=O) groups excluding carboxylic acids is 1. The summed E-state index contributed by atoms with van der Waals surface area (Å²) in [5.74, 6) is -1.15. The summed E-state index contributed by atoms with van der Waals surface area (Å²) in [6, 6.07) is 0. The van der Waals surface area contributed by atoms with Crippen molar-refractivity contribution in [1.29, 1.82) is 0 Å². The smallest absolute Gasteiger partial charge is 0.312 e. The minimum absolute atomic E-state index is 0.314. The van der Waals surface area contributed by atoms with Gasteiger partial charge < -0.3 is 20.3 Å². The van der Waals surface area contributed by atoms with E-state index in [-0.39, 0.29) is 0 Å². The number of piperidine rings is 1. The standard InChI is InChI=1S/C7H13NO4/c1-12-7(11)4-2-8-3-5(9)6(4)10/h4-6,8-10H,2-3H2,1H3. The fourth-order valence-corrected chi connectivity index (χ4v) is 1.27. The zero-order chi connectivity index (χ0) is 9.14. The van der Waals surface area contributed by atoms with E-state index < -0.39 is 24.1 Å². The Kier molecular flexibility index (Phi) is 3.02. The molecule has 0 saturated carbocycles. The van der Waals surface area contributed by atoms with Gasteiger partial charge >= 0.3 is 5.97 Å². The van der Waals surface area contributed by atoms with Gasteiger partial charge in [0, 0.05) is 13.1 Å². The van der Waals surface area contributed by atoms with Gasteiger partial charge in [0.15, 0.2) is 0 Å². The van der Waals surface area contributed by atoms with Gasteiger partial charge in [0.25, 0.3) is 0 Å². The second-order valence-electron chi connectivity index (χ2n) is 2.85. The lowest BCUT2D eigenvalue weighted by atomic mass is 9.94. The molecule has 5 heteroatoms. The van der Waals surface area contributed by atoms with Crippen molar-refractivity contribution in [2.75, 3.05) is 20.2 Å². The van der Waals surface area contributed by atoms with Crippen LogP contribution in [-0.2, 0) is 9.53 Å². The normalized spacial score (nSPS) is 36.1. The van der Waals surface area contributed by atoms with Crippen LogP contribution < -0.4 is 5.32 Å². The molecule has 1 aliphatic rings. The maximum atomic E-state index is 11.0. The van der Waals surface area contributed by atoms with Crippen molar-refractivity contribution in [3.05, 3.63) is 0 Å². The number of hydrogen-bond acceptors (Lipinski definition) is 5. The molecule has 12 heavy (non-hydrogen) atoms. The van der Waals surface area contributed by atoms with E-state index in [9.17, 15) is 15.0 Å². The van der Waals surface area contributed by atoms with Crippen molar-refractivity contribution in [2.45, 2.75) is 12.2 Å². The van der Waals surface area contributed by atoms with Crippen molar-refractivity contribution < 1.29 is 19.7 Å². The number of esters is 1. The predicted octanol–water partition coefficient (Wildman–Crippen LogP) is -1.90. The van der Waals surface area contributed by atoms with Crippen LogP contribution in [0.25, 0.3) is 0 Å². The first kappa shape index (κ1) is 9.44. The molecule has 3 N–H and O–H groups in total. The summed E-state index contributed by atoms with van der Waals surface area (Å²) in [5, 5.41) is 21.3. The maximum Gasteiger partial charge on any atom is 0.312 e. The van der Waals surface area contributed by atoms with Gasteiger partial charge in [-0.05, 0) is 0 Å². The molecule has 70 valence electrons. The van der Waals surface area contributed by atoms with Crippen LogP contribution in [0.5, 0.6) is 0 Å². The van der Waals surface area contributed by atoms with Gasteiger partial charge in [-0.1, -0.05) is 0 Å². The first-order valence-electron chi connectivity index (χ1n) is 3.81. The summed E-state index contributed by atoms with van der Waals surface area (Å²) < 4.78 is 4.46. The van der Waals surface area contributed by atoms with Gasteiger partial charge in [-0.25, -0.2) is 0 Å². The Balaban J connectivity index is 2.57.